The standard InChI is InChI=1S/C14H14N2O2/c1-10(11-6-3-2-4-7-11)16-14(18)13-12(17)8-5-9-15-13/h2-10,17H,1H3,(H,16,18). The number of nitrogens with zero attached hydrogens (tertiary/aromatic N) is 1. The molecule has 0 saturated carbocycles. The molecule has 18 heavy (non-hydrogen) atoms. The molecule has 0 aliphatic heterocycles. The quantitative estimate of drug-likeness (QED) is 0.868. The molecular formula is C14H14N2O2. The number of rotatable bonds is 3. The molecular weight excluding hydrogens is 228 g/mol. The first kappa shape index (κ1) is 12.1. The van der Waals surface area contributed by atoms with E-state index in [1.807, 2.05) is 37.3 Å². The van der Waals surface area contributed by atoms with Crippen molar-refractivity contribution < 1.29 is 9.90 Å². The SMILES string of the molecule is CC(NC(=O)c1ncccc1O)c1ccccc1. The topological polar surface area (TPSA) is 62.2 Å². The van der Waals surface area contributed by atoms with Crippen molar-refractivity contribution in [3.8, 4) is 5.75 Å². The Hall–Kier alpha value is -2.36. The number of aromatic nitrogens is 1. The van der Waals surface area contributed by atoms with Crippen LogP contribution >= 0.6 is 0 Å². The summed E-state index contributed by atoms with van der Waals surface area (Å²) in [5.74, 6) is -0.500. The fourth-order valence-electron chi connectivity index (χ4n) is 1.66. The molecule has 1 unspecified atom stereocenters. The van der Waals surface area contributed by atoms with Crippen molar-refractivity contribution in [1.29, 1.82) is 0 Å². The molecule has 92 valence electrons. The van der Waals surface area contributed by atoms with E-state index < -0.39 is 0 Å². The Morgan fingerprint density at radius 1 is 1.22 bits per heavy atom. The van der Waals surface area contributed by atoms with Gasteiger partial charge in [-0.15, -0.1) is 0 Å². The van der Waals surface area contributed by atoms with E-state index >= 15 is 0 Å². The molecule has 0 fully saturated rings. The number of hydrogen-bond donors (Lipinski definition) is 2. The summed E-state index contributed by atoms with van der Waals surface area (Å²) >= 11 is 0. The number of amides is 1. The maximum Gasteiger partial charge on any atom is 0.274 e. The monoisotopic (exact) mass is 242 g/mol. The Labute approximate surface area is 105 Å². The average molecular weight is 242 g/mol. The summed E-state index contributed by atoms with van der Waals surface area (Å²) in [5.41, 5.74) is 1.04. The lowest BCUT2D eigenvalue weighted by Crippen LogP contribution is -2.27. The third kappa shape index (κ3) is 2.66. The van der Waals surface area contributed by atoms with Gasteiger partial charge in [0.15, 0.2) is 5.69 Å². The van der Waals surface area contributed by atoms with Crippen LogP contribution in [-0.2, 0) is 0 Å². The highest BCUT2D eigenvalue weighted by Gasteiger charge is 2.15. The van der Waals surface area contributed by atoms with E-state index in [1.54, 1.807) is 6.07 Å². The minimum absolute atomic E-state index is 0.0419. The molecule has 0 radical (unpaired) electrons. The second kappa shape index (κ2) is 5.31. The van der Waals surface area contributed by atoms with E-state index in [-0.39, 0.29) is 23.4 Å². The third-order valence-corrected chi connectivity index (χ3v) is 2.65. The fourth-order valence-corrected chi connectivity index (χ4v) is 1.66. The van der Waals surface area contributed by atoms with E-state index in [9.17, 15) is 9.90 Å². The van der Waals surface area contributed by atoms with Crippen molar-refractivity contribution in [2.24, 2.45) is 0 Å². The van der Waals surface area contributed by atoms with Gasteiger partial charge in [-0.3, -0.25) is 4.79 Å². The Bertz CT molecular complexity index is 541. The van der Waals surface area contributed by atoms with Crippen molar-refractivity contribution in [2.75, 3.05) is 0 Å². The molecule has 2 N–H and O–H groups in total. The summed E-state index contributed by atoms with van der Waals surface area (Å²) in [7, 11) is 0. The number of nitrogens with one attached hydrogen (secondary N) is 1. The van der Waals surface area contributed by atoms with Crippen LogP contribution in [0.1, 0.15) is 29.0 Å². The van der Waals surface area contributed by atoms with Crippen LogP contribution in [-0.4, -0.2) is 16.0 Å². The maximum absolute atomic E-state index is 11.9. The summed E-state index contributed by atoms with van der Waals surface area (Å²) < 4.78 is 0. The molecule has 2 aromatic rings. The van der Waals surface area contributed by atoms with E-state index in [4.69, 9.17) is 0 Å². The Balaban J connectivity index is 2.11. The predicted molar refractivity (Wildman–Crippen MR) is 68.2 cm³/mol. The molecule has 1 heterocycles. The summed E-state index contributed by atoms with van der Waals surface area (Å²) in [6.45, 7) is 1.88. The van der Waals surface area contributed by atoms with Gasteiger partial charge in [0.2, 0.25) is 0 Å². The van der Waals surface area contributed by atoms with E-state index in [1.165, 1.54) is 12.3 Å². The molecule has 0 aliphatic carbocycles. The summed E-state index contributed by atoms with van der Waals surface area (Å²) in [5, 5.41) is 12.3. The molecule has 4 heteroatoms. The summed E-state index contributed by atoms with van der Waals surface area (Å²) in [4.78, 5) is 15.8. The first-order valence-corrected chi connectivity index (χ1v) is 5.68. The van der Waals surface area contributed by atoms with Crippen molar-refractivity contribution in [1.82, 2.24) is 10.3 Å². The highest BCUT2D eigenvalue weighted by Crippen LogP contribution is 2.15. The molecule has 1 atom stereocenters. The number of aromatic hydroxyl groups is 1. The second-order valence-electron chi connectivity index (χ2n) is 3.98. The van der Waals surface area contributed by atoms with Crippen LogP contribution < -0.4 is 5.32 Å². The zero-order valence-electron chi connectivity index (χ0n) is 10.00. The van der Waals surface area contributed by atoms with Crippen LogP contribution in [0.25, 0.3) is 0 Å². The summed E-state index contributed by atoms with van der Waals surface area (Å²) in [6, 6.07) is 12.5. The number of carbonyl (C=O) groups excluding carboxylic acids is 1. The van der Waals surface area contributed by atoms with Crippen LogP contribution in [0.3, 0.4) is 0 Å². The van der Waals surface area contributed by atoms with Gasteiger partial charge in [0.1, 0.15) is 5.75 Å². The van der Waals surface area contributed by atoms with Gasteiger partial charge < -0.3 is 10.4 Å². The van der Waals surface area contributed by atoms with Crippen molar-refractivity contribution in [2.45, 2.75) is 13.0 Å². The minimum atomic E-state index is -0.385. The molecule has 0 saturated heterocycles. The number of pyridine rings is 1. The van der Waals surface area contributed by atoms with E-state index in [0.29, 0.717) is 0 Å². The van der Waals surface area contributed by atoms with Crippen LogP contribution in [0.15, 0.2) is 48.7 Å². The van der Waals surface area contributed by atoms with Crippen molar-refractivity contribution in [3.05, 3.63) is 59.9 Å². The lowest BCUT2D eigenvalue weighted by atomic mass is 10.1. The van der Waals surface area contributed by atoms with Gasteiger partial charge in [0.25, 0.3) is 5.91 Å². The van der Waals surface area contributed by atoms with Gasteiger partial charge in [0.05, 0.1) is 6.04 Å². The Morgan fingerprint density at radius 2 is 1.94 bits per heavy atom. The first-order valence-electron chi connectivity index (χ1n) is 5.68. The van der Waals surface area contributed by atoms with Crippen LogP contribution in [0.5, 0.6) is 5.75 Å². The largest absolute Gasteiger partial charge is 0.505 e. The van der Waals surface area contributed by atoms with Crippen molar-refractivity contribution >= 4 is 5.91 Å². The first-order chi connectivity index (χ1) is 8.68. The fraction of sp³-hybridized carbons (Fsp3) is 0.143. The summed E-state index contributed by atoms with van der Waals surface area (Å²) in [6.07, 6.45) is 1.47. The highest BCUT2D eigenvalue weighted by molar-refractivity contribution is 5.94. The van der Waals surface area contributed by atoms with E-state index in [0.717, 1.165) is 5.56 Å². The molecule has 1 aromatic heterocycles. The Morgan fingerprint density at radius 3 is 2.61 bits per heavy atom. The average Bonchev–Trinajstić information content (AvgIpc) is 2.40. The van der Waals surface area contributed by atoms with Crippen LogP contribution in [0, 0.1) is 0 Å². The van der Waals surface area contributed by atoms with Gasteiger partial charge in [-0.05, 0) is 24.6 Å². The molecule has 0 aliphatic rings. The van der Waals surface area contributed by atoms with Crippen LogP contribution in [0.2, 0.25) is 0 Å². The Kier molecular flexibility index (Phi) is 3.57. The van der Waals surface area contributed by atoms with Gasteiger partial charge in [-0.2, -0.15) is 0 Å². The molecule has 1 aromatic carbocycles. The van der Waals surface area contributed by atoms with Crippen molar-refractivity contribution in [3.63, 3.8) is 0 Å². The van der Waals surface area contributed by atoms with Gasteiger partial charge in [-0.25, -0.2) is 4.98 Å². The number of hydrogen-bond acceptors (Lipinski definition) is 3. The number of benzene rings is 1. The van der Waals surface area contributed by atoms with Gasteiger partial charge >= 0.3 is 0 Å². The highest BCUT2D eigenvalue weighted by atomic mass is 16.3. The van der Waals surface area contributed by atoms with Crippen LogP contribution in [0.4, 0.5) is 0 Å². The third-order valence-electron chi connectivity index (χ3n) is 2.65. The smallest absolute Gasteiger partial charge is 0.274 e. The zero-order chi connectivity index (χ0) is 13.0. The molecule has 0 bridgehead atoms. The lowest BCUT2D eigenvalue weighted by Gasteiger charge is -2.14. The second-order valence-corrected chi connectivity index (χ2v) is 3.98. The minimum Gasteiger partial charge on any atom is -0.505 e. The molecule has 4 nitrogen and oxygen atoms in total. The molecule has 1 amide bonds. The maximum atomic E-state index is 11.9. The lowest BCUT2D eigenvalue weighted by molar-refractivity contribution is 0.0932. The zero-order valence-corrected chi connectivity index (χ0v) is 10.00. The van der Waals surface area contributed by atoms with E-state index in [2.05, 4.69) is 10.3 Å². The molecule has 2 rings (SSSR count). The van der Waals surface area contributed by atoms with Gasteiger partial charge in [0, 0.05) is 6.20 Å². The normalized spacial score (nSPS) is 11.8. The predicted octanol–water partition coefficient (Wildman–Crippen LogP) is 2.28. The number of carbonyl (C=O) groups is 1. The molecule has 0 spiro atoms. The van der Waals surface area contributed by atoms with Gasteiger partial charge in [-0.1, -0.05) is 30.3 Å².